The van der Waals surface area contributed by atoms with Crippen LogP contribution in [0, 0.1) is 0 Å². The summed E-state index contributed by atoms with van der Waals surface area (Å²) in [5.41, 5.74) is 1.85. The second-order valence-corrected chi connectivity index (χ2v) is 9.35. The van der Waals surface area contributed by atoms with Crippen LogP contribution in [0.5, 0.6) is 0 Å². The number of aliphatic hydroxyl groups is 1. The number of benzene rings is 1. The fourth-order valence-corrected chi connectivity index (χ4v) is 4.49. The van der Waals surface area contributed by atoms with E-state index in [0.717, 1.165) is 17.1 Å². The lowest BCUT2D eigenvalue weighted by Crippen LogP contribution is -2.52. The van der Waals surface area contributed by atoms with Gasteiger partial charge in [0.1, 0.15) is 18.2 Å². The van der Waals surface area contributed by atoms with Gasteiger partial charge in [-0.3, -0.25) is 4.79 Å². The van der Waals surface area contributed by atoms with Crippen molar-refractivity contribution in [2.24, 2.45) is 0 Å². The largest absolute Gasteiger partial charge is 0.372 e. The molecule has 33 heavy (non-hydrogen) atoms. The maximum Gasteiger partial charge on any atom is 0.231 e. The first-order valence-corrected chi connectivity index (χ1v) is 11.7. The van der Waals surface area contributed by atoms with Crippen molar-refractivity contribution in [3.8, 4) is 0 Å². The van der Waals surface area contributed by atoms with Gasteiger partial charge in [-0.25, -0.2) is 9.97 Å². The highest BCUT2D eigenvalue weighted by molar-refractivity contribution is 6.30. The molecule has 1 fully saturated rings. The minimum Gasteiger partial charge on any atom is -0.372 e. The van der Waals surface area contributed by atoms with E-state index in [-0.39, 0.29) is 17.9 Å². The van der Waals surface area contributed by atoms with Crippen LogP contribution < -0.4 is 20.4 Å². The molecule has 178 valence electrons. The molecular weight excluding hydrogens is 442 g/mol. The zero-order chi connectivity index (χ0) is 23.5. The zero-order valence-corrected chi connectivity index (χ0v) is 20.1. The Morgan fingerprint density at radius 2 is 1.91 bits per heavy atom. The molecule has 4 rings (SSSR count). The lowest BCUT2D eigenvalue weighted by atomic mass is 9.96. The molecule has 0 bridgehead atoms. The molecule has 1 amide bonds. The quantitative estimate of drug-likeness (QED) is 0.583. The Balaban J connectivity index is 1.47. The van der Waals surface area contributed by atoms with Crippen molar-refractivity contribution in [1.29, 1.82) is 0 Å². The Hall–Kier alpha value is -2.62. The van der Waals surface area contributed by atoms with Gasteiger partial charge in [-0.15, -0.1) is 0 Å². The molecule has 1 unspecified atom stereocenters. The predicted molar refractivity (Wildman–Crippen MR) is 131 cm³/mol. The number of hydrogen-bond donors (Lipinski definition) is 3. The number of nitrogens with one attached hydrogen (secondary N) is 2. The Kier molecular flexibility index (Phi) is 7.21. The zero-order valence-electron chi connectivity index (χ0n) is 19.3. The molecule has 1 aromatic carbocycles. The van der Waals surface area contributed by atoms with E-state index in [4.69, 9.17) is 11.6 Å². The van der Waals surface area contributed by atoms with Crippen molar-refractivity contribution in [2.75, 3.05) is 61.4 Å². The second kappa shape index (κ2) is 10.1. The number of likely N-dealkylation sites (N-methyl/N-ethyl adjacent to an activating group) is 1. The third-order valence-electron chi connectivity index (χ3n) is 6.13. The summed E-state index contributed by atoms with van der Waals surface area (Å²) >= 11 is 6.07. The van der Waals surface area contributed by atoms with Crippen molar-refractivity contribution in [1.82, 2.24) is 20.2 Å². The number of amides is 1. The van der Waals surface area contributed by atoms with Crippen LogP contribution in [0.1, 0.15) is 25.3 Å². The van der Waals surface area contributed by atoms with Crippen molar-refractivity contribution in [3.05, 3.63) is 41.2 Å². The molecule has 1 aromatic heterocycles. The molecule has 0 spiro atoms. The summed E-state index contributed by atoms with van der Waals surface area (Å²) in [4.78, 5) is 28.4. The van der Waals surface area contributed by atoms with Crippen molar-refractivity contribution >= 4 is 34.8 Å². The van der Waals surface area contributed by atoms with Crippen molar-refractivity contribution < 1.29 is 9.90 Å². The molecule has 0 saturated carbocycles. The minimum atomic E-state index is -0.663. The number of β-amino-alcohol motifs (C(OH)–C–C–N with tert-alkyl or cyclic N) is 1. The number of nitrogens with zero attached hydrogens (tertiary/aromatic N) is 5. The Morgan fingerprint density at radius 1 is 1.21 bits per heavy atom. The van der Waals surface area contributed by atoms with Crippen molar-refractivity contribution in [3.63, 3.8) is 0 Å². The van der Waals surface area contributed by atoms with Crippen LogP contribution in [-0.4, -0.2) is 84.5 Å². The smallest absolute Gasteiger partial charge is 0.231 e. The van der Waals surface area contributed by atoms with E-state index in [1.165, 1.54) is 6.33 Å². The molecular formula is C23H32ClN7O2. The molecule has 0 radical (unpaired) electrons. The van der Waals surface area contributed by atoms with Gasteiger partial charge in [-0.05, 0) is 17.7 Å². The van der Waals surface area contributed by atoms with Gasteiger partial charge in [0, 0.05) is 50.8 Å². The Morgan fingerprint density at radius 3 is 2.58 bits per heavy atom. The van der Waals surface area contributed by atoms with E-state index >= 15 is 0 Å². The van der Waals surface area contributed by atoms with Gasteiger partial charge in [0.05, 0.1) is 12.5 Å². The summed E-state index contributed by atoms with van der Waals surface area (Å²) in [6.45, 7) is 7.78. The number of rotatable bonds is 6. The van der Waals surface area contributed by atoms with Gasteiger partial charge in [-0.2, -0.15) is 0 Å². The van der Waals surface area contributed by atoms with E-state index in [0.29, 0.717) is 50.1 Å². The lowest BCUT2D eigenvalue weighted by molar-refractivity contribution is -0.133. The number of halogens is 1. The van der Waals surface area contributed by atoms with Gasteiger partial charge < -0.3 is 30.4 Å². The highest BCUT2D eigenvalue weighted by atomic mass is 35.5. The third kappa shape index (κ3) is 5.31. The lowest BCUT2D eigenvalue weighted by Gasteiger charge is -2.40. The molecule has 3 N–H and O–H groups in total. The molecule has 2 aromatic rings. The number of hydrogen-bond acceptors (Lipinski definition) is 8. The normalized spacial score (nSPS) is 19.3. The number of piperazine rings is 1. The summed E-state index contributed by atoms with van der Waals surface area (Å²) in [7, 11) is 1.92. The summed E-state index contributed by atoms with van der Waals surface area (Å²) in [5.74, 6) is 1.31. The first kappa shape index (κ1) is 23.5. The standard InChI is InChI=1S/C23H32ClN7O2/c1-15(2)25-12-18(16-4-6-17(24)7-5-16)23(33)31-10-8-30(9-11-31)22-20-21(26-14-27-22)28-19(32)13-29(20)3/h4-7,14-15,18-19,25,32H,8-13H2,1-3H3,(H,26,27,28)/t18-,19?/m1/s1. The van der Waals surface area contributed by atoms with Gasteiger partial charge in [0.15, 0.2) is 11.6 Å². The number of carbonyl (C=O) groups excluding carboxylic acids is 1. The van der Waals surface area contributed by atoms with Crippen LogP contribution in [0.2, 0.25) is 5.02 Å². The maximum atomic E-state index is 13.5. The minimum absolute atomic E-state index is 0.122. The van der Waals surface area contributed by atoms with Gasteiger partial charge >= 0.3 is 0 Å². The average molecular weight is 474 g/mol. The molecule has 1 saturated heterocycles. The summed E-state index contributed by atoms with van der Waals surface area (Å²) in [6, 6.07) is 7.84. The van der Waals surface area contributed by atoms with E-state index < -0.39 is 6.23 Å². The average Bonchev–Trinajstić information content (AvgIpc) is 2.79. The topological polar surface area (TPSA) is 96.9 Å². The Bertz CT molecular complexity index is 964. The summed E-state index contributed by atoms with van der Waals surface area (Å²) in [5, 5.41) is 17.1. The Labute approximate surface area is 199 Å². The molecule has 2 aliphatic rings. The van der Waals surface area contributed by atoms with Gasteiger partial charge in [-0.1, -0.05) is 37.6 Å². The summed E-state index contributed by atoms with van der Waals surface area (Å²) < 4.78 is 0. The molecule has 10 heteroatoms. The van der Waals surface area contributed by atoms with E-state index in [1.54, 1.807) is 0 Å². The van der Waals surface area contributed by atoms with Crippen LogP contribution in [-0.2, 0) is 4.79 Å². The van der Waals surface area contributed by atoms with Gasteiger partial charge in [0.2, 0.25) is 5.91 Å². The third-order valence-corrected chi connectivity index (χ3v) is 6.38. The van der Waals surface area contributed by atoms with E-state index in [2.05, 4.69) is 39.3 Å². The molecule has 0 aliphatic carbocycles. The van der Waals surface area contributed by atoms with Crippen LogP contribution in [0.3, 0.4) is 0 Å². The molecule has 3 heterocycles. The monoisotopic (exact) mass is 473 g/mol. The fourth-order valence-electron chi connectivity index (χ4n) is 4.37. The number of fused-ring (bicyclic) bond motifs is 1. The number of anilines is 3. The van der Waals surface area contributed by atoms with Gasteiger partial charge in [0.25, 0.3) is 0 Å². The highest BCUT2D eigenvalue weighted by Crippen LogP contribution is 2.36. The predicted octanol–water partition coefficient (Wildman–Crippen LogP) is 1.74. The molecule has 2 aliphatic heterocycles. The number of aliphatic hydroxyl groups excluding tert-OH is 1. The number of aromatic nitrogens is 2. The first-order valence-electron chi connectivity index (χ1n) is 11.4. The fraction of sp³-hybridized carbons (Fsp3) is 0.522. The first-order chi connectivity index (χ1) is 15.8. The second-order valence-electron chi connectivity index (χ2n) is 8.91. The van der Waals surface area contributed by atoms with Crippen LogP contribution in [0.4, 0.5) is 17.3 Å². The SMILES string of the molecule is CC(C)NC[C@@H](C(=O)N1CCN(c2ncnc3c2N(C)CC(O)N3)CC1)c1ccc(Cl)cc1. The summed E-state index contributed by atoms with van der Waals surface area (Å²) in [6.07, 6.45) is 0.850. The van der Waals surface area contributed by atoms with E-state index in [1.807, 2.05) is 41.1 Å². The van der Waals surface area contributed by atoms with Crippen LogP contribution >= 0.6 is 11.6 Å². The number of carbonyl (C=O) groups is 1. The maximum absolute atomic E-state index is 13.5. The molecule has 2 atom stereocenters. The van der Waals surface area contributed by atoms with Crippen LogP contribution in [0.15, 0.2) is 30.6 Å². The van der Waals surface area contributed by atoms with E-state index in [9.17, 15) is 9.90 Å². The highest BCUT2D eigenvalue weighted by Gasteiger charge is 2.32. The van der Waals surface area contributed by atoms with Crippen molar-refractivity contribution in [2.45, 2.75) is 32.0 Å². The van der Waals surface area contributed by atoms with Crippen LogP contribution in [0.25, 0.3) is 0 Å². The molecule has 9 nitrogen and oxygen atoms in total.